The molecular formula is C8H15N3O5S2. The molecule has 0 aliphatic rings. The van der Waals surface area contributed by atoms with Crippen molar-refractivity contribution in [3.05, 3.63) is 11.7 Å². The lowest BCUT2D eigenvalue weighted by Gasteiger charge is -2.04. The average molecular weight is 297 g/mol. The van der Waals surface area contributed by atoms with Crippen LogP contribution in [0.1, 0.15) is 24.2 Å². The topological polar surface area (TPSA) is 133 Å². The Morgan fingerprint density at radius 1 is 1.22 bits per heavy atom. The van der Waals surface area contributed by atoms with Crippen molar-refractivity contribution < 1.29 is 21.4 Å². The van der Waals surface area contributed by atoms with Crippen LogP contribution in [-0.4, -0.2) is 45.2 Å². The van der Waals surface area contributed by atoms with Crippen molar-refractivity contribution in [2.24, 2.45) is 5.73 Å². The highest BCUT2D eigenvalue weighted by molar-refractivity contribution is 7.90. The van der Waals surface area contributed by atoms with Gasteiger partial charge < -0.3 is 10.3 Å². The fourth-order valence-corrected chi connectivity index (χ4v) is 2.44. The van der Waals surface area contributed by atoms with Crippen LogP contribution in [0.15, 0.2) is 4.52 Å². The van der Waals surface area contributed by atoms with Crippen molar-refractivity contribution >= 4 is 19.7 Å². The van der Waals surface area contributed by atoms with Gasteiger partial charge in [0.1, 0.15) is 15.6 Å². The van der Waals surface area contributed by atoms with Crippen LogP contribution >= 0.6 is 0 Å². The zero-order valence-electron chi connectivity index (χ0n) is 10.0. The van der Waals surface area contributed by atoms with Gasteiger partial charge in [0.2, 0.25) is 5.89 Å². The molecule has 8 nitrogen and oxygen atoms in total. The lowest BCUT2D eigenvalue weighted by molar-refractivity contribution is 0.349. The quantitative estimate of drug-likeness (QED) is 0.710. The predicted octanol–water partition coefficient (Wildman–Crippen LogP) is -0.951. The Balaban J connectivity index is 2.68. The van der Waals surface area contributed by atoms with Crippen LogP contribution in [0.25, 0.3) is 0 Å². The third-order valence-corrected chi connectivity index (χ3v) is 3.75. The Bertz CT molecular complexity index is 604. The maximum atomic E-state index is 11.0. The summed E-state index contributed by atoms with van der Waals surface area (Å²) in [5.74, 6) is -0.382. The number of hydrogen-bond donors (Lipinski definition) is 1. The van der Waals surface area contributed by atoms with Crippen LogP contribution in [0, 0.1) is 0 Å². The summed E-state index contributed by atoms with van der Waals surface area (Å²) in [5, 5.41) is 3.47. The smallest absolute Gasteiger partial charge is 0.243 e. The third kappa shape index (κ3) is 5.56. The summed E-state index contributed by atoms with van der Waals surface area (Å²) in [6, 6.07) is -0.722. The van der Waals surface area contributed by atoms with Gasteiger partial charge in [-0.1, -0.05) is 5.16 Å². The maximum absolute atomic E-state index is 11.0. The Labute approximate surface area is 105 Å². The van der Waals surface area contributed by atoms with Gasteiger partial charge >= 0.3 is 0 Å². The minimum Gasteiger partial charge on any atom is -0.338 e. The number of aromatic nitrogens is 2. The number of rotatable bonds is 6. The molecule has 1 aromatic rings. The van der Waals surface area contributed by atoms with Gasteiger partial charge in [-0.2, -0.15) is 4.98 Å². The largest absolute Gasteiger partial charge is 0.338 e. The lowest BCUT2D eigenvalue weighted by Crippen LogP contribution is -2.16. The second-order valence-corrected chi connectivity index (χ2v) is 8.54. The molecule has 0 spiro atoms. The van der Waals surface area contributed by atoms with Gasteiger partial charge in [0.25, 0.3) is 0 Å². The molecule has 0 aromatic carbocycles. The van der Waals surface area contributed by atoms with Gasteiger partial charge in [-0.15, -0.1) is 0 Å². The summed E-state index contributed by atoms with van der Waals surface area (Å²) < 4.78 is 48.7. The zero-order chi connectivity index (χ0) is 14.0. The fraction of sp³-hybridized carbons (Fsp3) is 0.750. The minimum atomic E-state index is -3.25. The van der Waals surface area contributed by atoms with E-state index in [9.17, 15) is 16.8 Å². The van der Waals surface area contributed by atoms with Crippen LogP contribution in [0.2, 0.25) is 0 Å². The first-order chi connectivity index (χ1) is 8.07. The second kappa shape index (κ2) is 5.33. The Hall–Kier alpha value is -1.00. The molecular weight excluding hydrogens is 282 g/mol. The zero-order valence-corrected chi connectivity index (χ0v) is 11.7. The van der Waals surface area contributed by atoms with Gasteiger partial charge in [0, 0.05) is 12.5 Å². The highest BCUT2D eigenvalue weighted by Gasteiger charge is 2.18. The van der Waals surface area contributed by atoms with Crippen LogP contribution in [-0.2, 0) is 25.4 Å². The van der Waals surface area contributed by atoms with Gasteiger partial charge in [0.05, 0.1) is 11.8 Å². The molecule has 0 amide bonds. The van der Waals surface area contributed by atoms with Crippen molar-refractivity contribution in [2.75, 3.05) is 18.3 Å². The van der Waals surface area contributed by atoms with Crippen LogP contribution in [0.3, 0.4) is 0 Å². The molecule has 18 heavy (non-hydrogen) atoms. The standard InChI is InChI=1S/C8H15N3O5S2/c1-17(12,13)4-3-6(9)8-10-7(11-16-8)5-18(2,14)15/h6H,3-5,9H2,1-2H3. The van der Waals surface area contributed by atoms with E-state index in [4.69, 9.17) is 10.3 Å². The highest BCUT2D eigenvalue weighted by atomic mass is 32.2. The van der Waals surface area contributed by atoms with Crippen molar-refractivity contribution in [1.29, 1.82) is 0 Å². The number of hydrogen-bond acceptors (Lipinski definition) is 8. The molecule has 1 atom stereocenters. The summed E-state index contributed by atoms with van der Waals surface area (Å²) in [4.78, 5) is 3.82. The van der Waals surface area contributed by atoms with E-state index >= 15 is 0 Å². The van der Waals surface area contributed by atoms with E-state index in [1.807, 2.05) is 0 Å². The molecule has 0 saturated carbocycles. The summed E-state index contributed by atoms with van der Waals surface area (Å²) >= 11 is 0. The SMILES string of the molecule is CS(=O)(=O)CCC(N)c1nc(CS(C)(=O)=O)no1. The Morgan fingerprint density at radius 2 is 1.83 bits per heavy atom. The molecule has 0 radical (unpaired) electrons. The van der Waals surface area contributed by atoms with Crippen molar-refractivity contribution in [2.45, 2.75) is 18.2 Å². The molecule has 0 fully saturated rings. The molecule has 0 saturated heterocycles. The number of sulfone groups is 2. The van der Waals surface area contributed by atoms with E-state index in [2.05, 4.69) is 10.1 Å². The van der Waals surface area contributed by atoms with Crippen LogP contribution < -0.4 is 5.73 Å². The maximum Gasteiger partial charge on any atom is 0.243 e. The van der Waals surface area contributed by atoms with Crippen molar-refractivity contribution in [3.63, 3.8) is 0 Å². The van der Waals surface area contributed by atoms with E-state index in [0.29, 0.717) is 0 Å². The summed E-state index contributed by atoms with van der Waals surface area (Å²) in [7, 11) is -6.36. The van der Waals surface area contributed by atoms with Crippen molar-refractivity contribution in [3.8, 4) is 0 Å². The molecule has 1 unspecified atom stereocenters. The van der Waals surface area contributed by atoms with Gasteiger partial charge in [0.15, 0.2) is 15.7 Å². The van der Waals surface area contributed by atoms with Gasteiger partial charge in [-0.3, -0.25) is 0 Å². The monoisotopic (exact) mass is 297 g/mol. The van der Waals surface area contributed by atoms with Crippen LogP contribution in [0.4, 0.5) is 0 Å². The molecule has 1 rings (SSSR count). The summed E-state index contributed by atoms with van der Waals surface area (Å²) in [6.07, 6.45) is 2.29. The average Bonchev–Trinajstić information content (AvgIpc) is 2.58. The van der Waals surface area contributed by atoms with E-state index in [0.717, 1.165) is 12.5 Å². The number of nitrogens with two attached hydrogens (primary N) is 1. The predicted molar refractivity (Wildman–Crippen MR) is 64.1 cm³/mol. The van der Waals surface area contributed by atoms with E-state index in [1.54, 1.807) is 0 Å². The van der Waals surface area contributed by atoms with E-state index in [1.165, 1.54) is 0 Å². The molecule has 104 valence electrons. The normalized spacial score (nSPS) is 14.6. The van der Waals surface area contributed by atoms with Gasteiger partial charge in [-0.25, -0.2) is 16.8 Å². The summed E-state index contributed by atoms with van der Waals surface area (Å²) in [5.41, 5.74) is 5.67. The molecule has 10 heteroatoms. The lowest BCUT2D eigenvalue weighted by atomic mass is 10.2. The highest BCUT2D eigenvalue weighted by Crippen LogP contribution is 2.13. The van der Waals surface area contributed by atoms with E-state index in [-0.39, 0.29) is 29.6 Å². The molecule has 0 aliphatic heterocycles. The molecule has 2 N–H and O–H groups in total. The first kappa shape index (κ1) is 15.1. The van der Waals surface area contributed by atoms with Gasteiger partial charge in [-0.05, 0) is 6.42 Å². The first-order valence-electron chi connectivity index (χ1n) is 5.00. The number of nitrogens with zero attached hydrogens (tertiary/aromatic N) is 2. The first-order valence-corrected chi connectivity index (χ1v) is 9.12. The molecule has 1 heterocycles. The summed E-state index contributed by atoms with van der Waals surface area (Å²) in [6.45, 7) is 0. The second-order valence-electron chi connectivity index (χ2n) is 4.14. The van der Waals surface area contributed by atoms with Crippen LogP contribution in [0.5, 0.6) is 0 Å². The Kier molecular flexibility index (Phi) is 4.46. The molecule has 0 aliphatic carbocycles. The van der Waals surface area contributed by atoms with Crippen molar-refractivity contribution in [1.82, 2.24) is 10.1 Å². The Morgan fingerprint density at radius 3 is 2.33 bits per heavy atom. The third-order valence-electron chi connectivity index (χ3n) is 1.99. The fourth-order valence-electron chi connectivity index (χ4n) is 1.18. The van der Waals surface area contributed by atoms with E-state index < -0.39 is 25.7 Å². The minimum absolute atomic E-state index is 0.0160. The molecule has 1 aromatic heterocycles. The molecule has 0 bridgehead atoms.